The highest BCUT2D eigenvalue weighted by Crippen LogP contribution is 2.36. The molecule has 0 unspecified atom stereocenters. The number of carbonyl (C=O) groups is 1. The molecule has 6 nitrogen and oxygen atoms in total. The molecule has 1 heterocycles. The molecule has 1 aromatic heterocycles. The lowest BCUT2D eigenvalue weighted by atomic mass is 9.96. The maximum absolute atomic E-state index is 13.5. The molecule has 0 radical (unpaired) electrons. The van der Waals surface area contributed by atoms with E-state index in [4.69, 9.17) is 13.9 Å². The van der Waals surface area contributed by atoms with Gasteiger partial charge in [-0.25, -0.2) is 0 Å². The van der Waals surface area contributed by atoms with E-state index in [1.165, 1.54) is 7.11 Å². The van der Waals surface area contributed by atoms with Gasteiger partial charge in [-0.3, -0.25) is 4.79 Å². The van der Waals surface area contributed by atoms with E-state index in [1.807, 2.05) is 14.1 Å². The number of ether oxygens (including phenoxy) is 2. The smallest absolute Gasteiger partial charge is 0.201 e. The Bertz CT molecular complexity index is 1000. The lowest BCUT2D eigenvalue weighted by Gasteiger charge is -2.12. The first-order valence-corrected chi connectivity index (χ1v) is 8.67. The van der Waals surface area contributed by atoms with Crippen molar-refractivity contribution in [1.82, 2.24) is 0 Å². The molecule has 0 saturated heterocycles. The van der Waals surface area contributed by atoms with Gasteiger partial charge in [-0.1, -0.05) is 0 Å². The van der Waals surface area contributed by atoms with E-state index in [0.717, 1.165) is 4.90 Å². The second-order valence-electron chi connectivity index (χ2n) is 6.75. The molecule has 0 aliphatic rings. The van der Waals surface area contributed by atoms with Gasteiger partial charge in [0.1, 0.15) is 35.1 Å². The minimum absolute atomic E-state index is 0.149. The van der Waals surface area contributed by atoms with Crippen molar-refractivity contribution in [2.24, 2.45) is 0 Å². The number of hydrogen-bond donors (Lipinski definition) is 2. The Kier molecular flexibility index (Phi) is 5.10. The second kappa shape index (κ2) is 7.32. The standard InChI is InChI=1S/C21H23NO5/c1-12-19(21(24)14-10-13(25-4)6-8-17(14)26-5)20-15(11-22(2)3)16(23)7-9-18(20)27-12/h6-10,23H,11H2,1-5H3/p+1. The number of phenolic OH excluding ortho intramolecular Hbond substituents is 1. The van der Waals surface area contributed by atoms with Crippen LogP contribution in [0, 0.1) is 6.92 Å². The van der Waals surface area contributed by atoms with Crippen molar-refractivity contribution in [2.75, 3.05) is 28.3 Å². The Morgan fingerprint density at radius 2 is 1.89 bits per heavy atom. The van der Waals surface area contributed by atoms with Crippen molar-refractivity contribution < 1.29 is 28.7 Å². The number of benzene rings is 2. The van der Waals surface area contributed by atoms with Gasteiger partial charge in [-0.15, -0.1) is 0 Å². The second-order valence-corrected chi connectivity index (χ2v) is 6.75. The SMILES string of the molecule is COc1ccc(OC)c(C(=O)c2c(C)oc3ccc(O)c(C[NH+](C)C)c23)c1. The lowest BCUT2D eigenvalue weighted by Crippen LogP contribution is -3.04. The number of fused-ring (bicyclic) bond motifs is 1. The molecular formula is C21H24NO5+. The largest absolute Gasteiger partial charge is 0.507 e. The van der Waals surface area contributed by atoms with E-state index in [-0.39, 0.29) is 11.5 Å². The summed E-state index contributed by atoms with van der Waals surface area (Å²) in [5.41, 5.74) is 2.08. The summed E-state index contributed by atoms with van der Waals surface area (Å²) in [6, 6.07) is 8.38. The average molecular weight is 370 g/mol. The normalized spacial score (nSPS) is 11.2. The van der Waals surface area contributed by atoms with Gasteiger partial charge in [0.2, 0.25) is 5.78 Å². The van der Waals surface area contributed by atoms with Crippen molar-refractivity contribution >= 4 is 16.8 Å². The summed E-state index contributed by atoms with van der Waals surface area (Å²) in [6.07, 6.45) is 0. The number of aromatic hydroxyl groups is 1. The van der Waals surface area contributed by atoms with Crippen molar-refractivity contribution in [3.63, 3.8) is 0 Å². The zero-order chi connectivity index (χ0) is 19.7. The molecule has 2 N–H and O–H groups in total. The first-order chi connectivity index (χ1) is 12.9. The number of nitrogens with one attached hydrogen (secondary N) is 1. The fraction of sp³-hybridized carbons (Fsp3) is 0.286. The van der Waals surface area contributed by atoms with Crippen molar-refractivity contribution in [3.05, 3.63) is 52.8 Å². The van der Waals surface area contributed by atoms with E-state index >= 15 is 0 Å². The summed E-state index contributed by atoms with van der Waals surface area (Å²) in [6.45, 7) is 2.31. The number of ketones is 1. The van der Waals surface area contributed by atoms with Crippen LogP contribution in [0.4, 0.5) is 0 Å². The summed E-state index contributed by atoms with van der Waals surface area (Å²) < 4.78 is 16.5. The Morgan fingerprint density at radius 3 is 2.52 bits per heavy atom. The highest BCUT2D eigenvalue weighted by Gasteiger charge is 2.26. The summed E-state index contributed by atoms with van der Waals surface area (Å²) in [7, 11) is 7.03. The quantitative estimate of drug-likeness (QED) is 0.652. The van der Waals surface area contributed by atoms with Gasteiger partial charge < -0.3 is 23.9 Å². The van der Waals surface area contributed by atoms with Crippen LogP contribution >= 0.6 is 0 Å². The van der Waals surface area contributed by atoms with Gasteiger partial charge in [0.15, 0.2) is 0 Å². The molecule has 0 aliphatic carbocycles. The van der Waals surface area contributed by atoms with Gasteiger partial charge in [-0.05, 0) is 37.3 Å². The molecule has 3 aromatic rings. The van der Waals surface area contributed by atoms with Crippen LogP contribution in [0.1, 0.15) is 27.2 Å². The molecule has 0 saturated carbocycles. The van der Waals surface area contributed by atoms with Gasteiger partial charge in [0.25, 0.3) is 0 Å². The molecular weight excluding hydrogens is 346 g/mol. The number of quaternary nitrogens is 1. The molecule has 142 valence electrons. The number of methoxy groups -OCH3 is 2. The highest BCUT2D eigenvalue weighted by atomic mass is 16.5. The molecule has 27 heavy (non-hydrogen) atoms. The molecule has 0 fully saturated rings. The molecule has 2 aromatic carbocycles. The van der Waals surface area contributed by atoms with Crippen LogP contribution in [0.2, 0.25) is 0 Å². The molecule has 3 rings (SSSR count). The van der Waals surface area contributed by atoms with E-state index in [0.29, 0.717) is 51.5 Å². The fourth-order valence-corrected chi connectivity index (χ4v) is 3.30. The van der Waals surface area contributed by atoms with Gasteiger partial charge in [0.05, 0.1) is 45.0 Å². The Morgan fingerprint density at radius 1 is 1.15 bits per heavy atom. The third kappa shape index (κ3) is 3.36. The molecule has 0 spiro atoms. The predicted octanol–water partition coefficient (Wildman–Crippen LogP) is 2.34. The number of aryl methyl sites for hydroxylation is 1. The van der Waals surface area contributed by atoms with E-state index in [1.54, 1.807) is 44.4 Å². The monoisotopic (exact) mass is 370 g/mol. The van der Waals surface area contributed by atoms with E-state index in [2.05, 4.69) is 0 Å². The van der Waals surface area contributed by atoms with Crippen LogP contribution in [0.15, 0.2) is 34.7 Å². The zero-order valence-electron chi connectivity index (χ0n) is 16.2. The molecule has 0 atom stereocenters. The van der Waals surface area contributed by atoms with Gasteiger partial charge >= 0.3 is 0 Å². The predicted molar refractivity (Wildman–Crippen MR) is 102 cm³/mol. The number of rotatable bonds is 6. The van der Waals surface area contributed by atoms with E-state index in [9.17, 15) is 9.90 Å². The highest BCUT2D eigenvalue weighted by molar-refractivity contribution is 6.19. The van der Waals surface area contributed by atoms with Crippen molar-refractivity contribution in [2.45, 2.75) is 13.5 Å². The summed E-state index contributed by atoms with van der Waals surface area (Å²) in [5, 5.41) is 11.1. The summed E-state index contributed by atoms with van der Waals surface area (Å²) in [5.74, 6) is 1.43. The van der Waals surface area contributed by atoms with Crippen LogP contribution < -0.4 is 14.4 Å². The number of hydrogen-bond acceptors (Lipinski definition) is 5. The summed E-state index contributed by atoms with van der Waals surface area (Å²) in [4.78, 5) is 14.6. The van der Waals surface area contributed by atoms with Gasteiger partial charge in [0, 0.05) is 5.39 Å². The number of furan rings is 1. The van der Waals surface area contributed by atoms with Crippen LogP contribution in [0.25, 0.3) is 11.0 Å². The number of phenols is 1. The molecule has 0 bridgehead atoms. The van der Waals surface area contributed by atoms with Crippen molar-refractivity contribution in [1.29, 1.82) is 0 Å². The van der Waals surface area contributed by atoms with Crippen LogP contribution in [-0.4, -0.2) is 39.2 Å². The molecule has 0 amide bonds. The first-order valence-electron chi connectivity index (χ1n) is 8.67. The molecule has 0 aliphatic heterocycles. The fourth-order valence-electron chi connectivity index (χ4n) is 3.30. The van der Waals surface area contributed by atoms with Crippen LogP contribution in [-0.2, 0) is 6.54 Å². The minimum Gasteiger partial charge on any atom is -0.507 e. The van der Waals surface area contributed by atoms with Crippen LogP contribution in [0.3, 0.4) is 0 Å². The lowest BCUT2D eigenvalue weighted by molar-refractivity contribution is -0.872. The third-order valence-electron chi connectivity index (χ3n) is 4.52. The van der Waals surface area contributed by atoms with Crippen molar-refractivity contribution in [3.8, 4) is 17.2 Å². The van der Waals surface area contributed by atoms with Crippen LogP contribution in [0.5, 0.6) is 17.2 Å². The summed E-state index contributed by atoms with van der Waals surface area (Å²) >= 11 is 0. The zero-order valence-corrected chi connectivity index (χ0v) is 16.2. The Hall–Kier alpha value is -2.99. The molecule has 6 heteroatoms. The van der Waals surface area contributed by atoms with Gasteiger partial charge in [-0.2, -0.15) is 0 Å². The average Bonchev–Trinajstić information content (AvgIpc) is 2.99. The van der Waals surface area contributed by atoms with E-state index < -0.39 is 0 Å². The Balaban J connectivity index is 2.27. The Labute approximate surface area is 157 Å². The minimum atomic E-state index is -0.234. The maximum atomic E-state index is 13.5. The topological polar surface area (TPSA) is 73.3 Å². The first kappa shape index (κ1) is 18.8. The number of carbonyl (C=O) groups excluding carboxylic acids is 1. The third-order valence-corrected chi connectivity index (χ3v) is 4.52. The maximum Gasteiger partial charge on any atom is 0.201 e.